The molecule has 0 bridgehead atoms. The lowest BCUT2D eigenvalue weighted by Crippen LogP contribution is -2.56. The number of piperazine rings is 1. The highest BCUT2D eigenvalue weighted by atomic mass is 79.9. The minimum atomic E-state index is -3.95. The molecule has 0 aliphatic carbocycles. The lowest BCUT2D eigenvalue weighted by atomic mass is 10.1. The first-order valence-corrected chi connectivity index (χ1v) is 18.9. The summed E-state index contributed by atoms with van der Waals surface area (Å²) in [7, 11) is -7.17. The van der Waals surface area contributed by atoms with Gasteiger partial charge in [-0.3, -0.25) is 14.5 Å². The highest BCUT2D eigenvalue weighted by Gasteiger charge is 2.37. The molecule has 2 aromatic rings. The largest absolute Gasteiger partial charge is 0.337 e. The number of halogens is 1. The number of sulfonamides is 2. The topological polar surface area (TPSA) is 127 Å². The normalized spacial score (nSPS) is 22.9. The van der Waals surface area contributed by atoms with Crippen molar-refractivity contribution >= 4 is 58.6 Å². The molecule has 14 heteroatoms. The van der Waals surface area contributed by atoms with Crippen LogP contribution in [0.25, 0.3) is 10.8 Å². The van der Waals surface area contributed by atoms with Crippen molar-refractivity contribution in [2.24, 2.45) is 0 Å². The van der Waals surface area contributed by atoms with Gasteiger partial charge in [-0.2, -0.15) is 9.03 Å². The molecule has 236 valence electrons. The lowest BCUT2D eigenvalue weighted by molar-refractivity contribution is -0.143. The summed E-state index contributed by atoms with van der Waals surface area (Å²) < 4.78 is 56.3. The van der Waals surface area contributed by atoms with Gasteiger partial charge in [0.25, 0.3) is 0 Å². The van der Waals surface area contributed by atoms with Crippen LogP contribution in [0.3, 0.4) is 0 Å². The highest BCUT2D eigenvalue weighted by molar-refractivity contribution is 9.10. The van der Waals surface area contributed by atoms with E-state index < -0.39 is 26.1 Å². The maximum Gasteiger partial charge on any atom is 0.242 e. The van der Waals surface area contributed by atoms with Crippen molar-refractivity contribution in [2.45, 2.75) is 56.0 Å². The molecule has 3 aliphatic heterocycles. The van der Waals surface area contributed by atoms with Crippen LogP contribution in [0.4, 0.5) is 0 Å². The summed E-state index contributed by atoms with van der Waals surface area (Å²) in [6.07, 6.45) is 3.29. The molecule has 0 spiro atoms. The maximum atomic E-state index is 13.4. The van der Waals surface area contributed by atoms with Crippen molar-refractivity contribution in [2.75, 3.05) is 58.1 Å². The van der Waals surface area contributed by atoms with E-state index in [1.54, 1.807) is 16.4 Å². The number of hydrogen-bond acceptors (Lipinski definition) is 7. The molecule has 43 heavy (non-hydrogen) atoms. The van der Waals surface area contributed by atoms with Gasteiger partial charge in [-0.15, -0.1) is 0 Å². The van der Waals surface area contributed by atoms with Crippen LogP contribution in [0.1, 0.15) is 39.0 Å². The van der Waals surface area contributed by atoms with E-state index in [4.69, 9.17) is 0 Å². The molecule has 3 aliphatic rings. The minimum absolute atomic E-state index is 0.00835. The fourth-order valence-electron chi connectivity index (χ4n) is 6.31. The Bertz CT molecular complexity index is 1560. The fraction of sp³-hybridized carbons (Fsp3) is 0.586. The van der Waals surface area contributed by atoms with Crippen LogP contribution in [0, 0.1) is 0 Å². The van der Waals surface area contributed by atoms with Gasteiger partial charge in [0.1, 0.15) is 6.04 Å². The number of nitrogens with one attached hydrogen (secondary N) is 1. The van der Waals surface area contributed by atoms with E-state index in [9.17, 15) is 26.4 Å². The van der Waals surface area contributed by atoms with Gasteiger partial charge in [0.05, 0.1) is 17.2 Å². The summed E-state index contributed by atoms with van der Waals surface area (Å²) in [6.45, 7) is 5.64. The molecule has 0 saturated carbocycles. The standard InChI is InChI=1S/C29H40BrN5O6S2/c1-2-17-42(38,39)34-15-13-32(14-16-34)20-25-5-3-12-35(25)28(36)21-33-11-4-6-27(29(33)37)31-43(40,41)26-10-8-22-18-24(30)9-7-23(22)19-26/h7-10,18-19,25,27,31H,2-6,11-17,20-21H2,1H3/t25-,27-/m0/s1. The van der Waals surface area contributed by atoms with Crippen molar-refractivity contribution in [1.82, 2.24) is 23.7 Å². The van der Waals surface area contributed by atoms with Crippen molar-refractivity contribution in [3.8, 4) is 0 Å². The molecule has 3 saturated heterocycles. The Hall–Kier alpha value is -2.10. The van der Waals surface area contributed by atoms with E-state index >= 15 is 0 Å². The molecular formula is C29H40BrN5O6S2. The van der Waals surface area contributed by atoms with Crippen molar-refractivity contribution in [1.29, 1.82) is 0 Å². The zero-order valence-electron chi connectivity index (χ0n) is 24.5. The molecule has 3 fully saturated rings. The second kappa shape index (κ2) is 13.5. The van der Waals surface area contributed by atoms with Crippen LogP contribution in [-0.2, 0) is 29.6 Å². The number of carbonyl (C=O) groups is 2. The fourth-order valence-corrected chi connectivity index (χ4v) is 9.44. The number of fused-ring (bicyclic) bond motifs is 1. The monoisotopic (exact) mass is 697 g/mol. The Morgan fingerprint density at radius 3 is 2.37 bits per heavy atom. The van der Waals surface area contributed by atoms with Crippen molar-refractivity contribution in [3.05, 3.63) is 40.9 Å². The Morgan fingerprint density at radius 1 is 0.930 bits per heavy atom. The molecular weight excluding hydrogens is 658 g/mol. The Labute approximate surface area is 262 Å². The van der Waals surface area contributed by atoms with Crippen molar-refractivity contribution < 1.29 is 26.4 Å². The summed E-state index contributed by atoms with van der Waals surface area (Å²) >= 11 is 3.42. The molecule has 0 radical (unpaired) electrons. The molecule has 2 atom stereocenters. The van der Waals surface area contributed by atoms with Crippen LogP contribution in [-0.4, -0.2) is 118 Å². The van der Waals surface area contributed by atoms with Gasteiger partial charge in [0.15, 0.2) is 0 Å². The minimum Gasteiger partial charge on any atom is -0.337 e. The Balaban J connectivity index is 1.16. The second-order valence-corrected chi connectivity index (χ2v) is 16.3. The van der Waals surface area contributed by atoms with E-state index in [1.807, 2.05) is 30.0 Å². The van der Waals surface area contributed by atoms with Gasteiger partial charge in [-0.05, 0) is 67.1 Å². The number of likely N-dealkylation sites (tertiary alicyclic amines) is 2. The number of rotatable bonds is 10. The summed E-state index contributed by atoms with van der Waals surface area (Å²) in [4.78, 5) is 32.4. The number of hydrogen-bond donors (Lipinski definition) is 1. The van der Waals surface area contributed by atoms with E-state index in [2.05, 4.69) is 25.6 Å². The van der Waals surface area contributed by atoms with E-state index in [-0.39, 0.29) is 35.0 Å². The summed E-state index contributed by atoms with van der Waals surface area (Å²) in [5, 5.41) is 1.67. The first-order valence-electron chi connectivity index (χ1n) is 15.0. The van der Waals surface area contributed by atoms with Gasteiger partial charge >= 0.3 is 0 Å². The van der Waals surface area contributed by atoms with Gasteiger partial charge in [-0.1, -0.05) is 35.0 Å². The third-order valence-electron chi connectivity index (χ3n) is 8.59. The molecule has 0 aromatic heterocycles. The molecule has 2 amide bonds. The zero-order valence-corrected chi connectivity index (χ0v) is 27.7. The van der Waals surface area contributed by atoms with Crippen LogP contribution in [0.2, 0.25) is 0 Å². The molecule has 11 nitrogen and oxygen atoms in total. The van der Waals surface area contributed by atoms with Gasteiger partial charge < -0.3 is 9.80 Å². The summed E-state index contributed by atoms with van der Waals surface area (Å²) in [5.74, 6) is -0.353. The van der Waals surface area contributed by atoms with E-state index in [1.165, 1.54) is 11.0 Å². The summed E-state index contributed by atoms with van der Waals surface area (Å²) in [6, 6.07) is 9.53. The maximum absolute atomic E-state index is 13.4. The van der Waals surface area contributed by atoms with Crippen LogP contribution in [0.15, 0.2) is 45.8 Å². The smallest absolute Gasteiger partial charge is 0.242 e. The highest BCUT2D eigenvalue weighted by Crippen LogP contribution is 2.25. The Kier molecular flexibility index (Phi) is 10.1. The first kappa shape index (κ1) is 32.3. The van der Waals surface area contributed by atoms with E-state index in [0.29, 0.717) is 65.1 Å². The Morgan fingerprint density at radius 2 is 1.63 bits per heavy atom. The van der Waals surface area contributed by atoms with Crippen LogP contribution < -0.4 is 4.72 Å². The average molecular weight is 699 g/mol. The predicted octanol–water partition coefficient (Wildman–Crippen LogP) is 2.22. The number of nitrogens with zero attached hydrogens (tertiary/aromatic N) is 4. The number of carbonyl (C=O) groups excluding carboxylic acids is 2. The molecule has 2 aromatic carbocycles. The van der Waals surface area contributed by atoms with Gasteiger partial charge in [0.2, 0.25) is 31.9 Å². The number of piperidine rings is 1. The third-order valence-corrected chi connectivity index (χ3v) is 12.6. The van der Waals surface area contributed by atoms with Crippen LogP contribution in [0.5, 0.6) is 0 Å². The predicted molar refractivity (Wildman–Crippen MR) is 168 cm³/mol. The first-order chi connectivity index (χ1) is 20.5. The third kappa shape index (κ3) is 7.59. The lowest BCUT2D eigenvalue weighted by Gasteiger charge is -2.38. The van der Waals surface area contributed by atoms with E-state index in [0.717, 1.165) is 28.1 Å². The van der Waals surface area contributed by atoms with Crippen molar-refractivity contribution in [3.63, 3.8) is 0 Å². The van der Waals surface area contributed by atoms with Gasteiger partial charge in [-0.25, -0.2) is 16.8 Å². The quantitative estimate of drug-likeness (QED) is 0.404. The zero-order chi connectivity index (χ0) is 30.8. The molecule has 1 N–H and O–H groups in total. The summed E-state index contributed by atoms with van der Waals surface area (Å²) in [5.41, 5.74) is 0. The second-order valence-electron chi connectivity index (χ2n) is 11.6. The number of amides is 2. The SMILES string of the molecule is CCCS(=O)(=O)N1CCN(C[C@@H]2CCCN2C(=O)CN2CCC[C@H](NS(=O)(=O)c3ccc4cc(Br)ccc4c3)C2=O)CC1. The molecule has 3 heterocycles. The molecule has 0 unspecified atom stereocenters. The molecule has 5 rings (SSSR count). The van der Waals surface area contributed by atoms with Crippen LogP contribution >= 0.6 is 15.9 Å². The number of benzene rings is 2. The van der Waals surface area contributed by atoms with Gasteiger partial charge in [0, 0.05) is 56.3 Å². The average Bonchev–Trinajstić information content (AvgIpc) is 3.43.